The van der Waals surface area contributed by atoms with Crippen molar-refractivity contribution in [2.45, 2.75) is 0 Å². The number of Topliss-reactive ketones (excluding diaryl/α,β-unsaturated/α-hetero) is 1. The minimum absolute atomic E-state index is 0.0715. The predicted octanol–water partition coefficient (Wildman–Crippen LogP) is 9.55. The van der Waals surface area contributed by atoms with Crippen LogP contribution < -0.4 is 0 Å². The van der Waals surface area contributed by atoms with Crippen molar-refractivity contribution in [2.24, 2.45) is 0 Å². The van der Waals surface area contributed by atoms with Crippen molar-refractivity contribution in [3.05, 3.63) is 213 Å². The second kappa shape index (κ2) is 14.2. The van der Waals surface area contributed by atoms with E-state index >= 15 is 0 Å². The van der Waals surface area contributed by atoms with Gasteiger partial charge in [0.25, 0.3) is 0 Å². The zero-order valence-corrected chi connectivity index (χ0v) is 27.1. The molecule has 1 aliphatic rings. The van der Waals surface area contributed by atoms with Crippen LogP contribution in [0.3, 0.4) is 0 Å². The molecule has 1 heteroatoms. The largest absolute Gasteiger partial charge is 0.289 e. The molecule has 0 spiro atoms. The molecule has 0 saturated carbocycles. The standard InChI is InChI=1S/C49H28O/c1-3-35-19-27-43(28-20-35)47-45(41-31-23-39(24-32-41)17-15-37-11-7-5-8-12-37)46(48(49(47)50)44-29-21-36(4-2)22-30-44)42-33-25-40(26-34-42)18-16-38-13-9-6-10-14-38/h1-2,5-14,19-34H. The highest BCUT2D eigenvalue weighted by Crippen LogP contribution is 2.49. The lowest BCUT2D eigenvalue weighted by Crippen LogP contribution is -2.02. The molecular formula is C49H28O. The fourth-order valence-corrected chi connectivity index (χ4v) is 5.97. The molecule has 1 nitrogen and oxygen atoms in total. The molecule has 0 aliphatic heterocycles. The number of terminal acetylenes is 2. The molecule has 0 N–H and O–H groups in total. The quantitative estimate of drug-likeness (QED) is 0.177. The number of allylic oxidation sites excluding steroid dienone is 4. The molecule has 6 aromatic rings. The Labute approximate surface area is 293 Å². The van der Waals surface area contributed by atoms with Gasteiger partial charge in [-0.05, 0) is 95.1 Å². The van der Waals surface area contributed by atoms with Crippen LogP contribution in [-0.2, 0) is 4.79 Å². The van der Waals surface area contributed by atoms with Crippen LogP contribution in [0.15, 0.2) is 158 Å². The van der Waals surface area contributed by atoms with Crippen molar-refractivity contribution < 1.29 is 4.79 Å². The van der Waals surface area contributed by atoms with Crippen LogP contribution in [0.25, 0.3) is 22.3 Å². The van der Waals surface area contributed by atoms with Crippen LogP contribution in [0, 0.1) is 48.4 Å². The van der Waals surface area contributed by atoms with E-state index in [1.807, 2.05) is 158 Å². The van der Waals surface area contributed by atoms with Gasteiger partial charge >= 0.3 is 0 Å². The summed E-state index contributed by atoms with van der Waals surface area (Å²) < 4.78 is 0. The first-order valence-corrected chi connectivity index (χ1v) is 16.1. The predicted molar refractivity (Wildman–Crippen MR) is 205 cm³/mol. The molecule has 0 fully saturated rings. The van der Waals surface area contributed by atoms with Gasteiger partial charge in [-0.3, -0.25) is 4.79 Å². The fraction of sp³-hybridized carbons (Fsp3) is 0. The number of rotatable bonds is 4. The summed E-state index contributed by atoms with van der Waals surface area (Å²) in [5.74, 6) is 18.3. The summed E-state index contributed by atoms with van der Waals surface area (Å²) in [6.45, 7) is 0. The Bertz CT molecular complexity index is 2310. The number of benzene rings is 6. The van der Waals surface area contributed by atoms with E-state index in [1.165, 1.54) is 0 Å². The molecule has 0 radical (unpaired) electrons. The molecule has 230 valence electrons. The minimum atomic E-state index is -0.0715. The number of ketones is 1. The average molecular weight is 633 g/mol. The molecule has 50 heavy (non-hydrogen) atoms. The van der Waals surface area contributed by atoms with Gasteiger partial charge in [0.1, 0.15) is 0 Å². The van der Waals surface area contributed by atoms with Crippen LogP contribution in [-0.4, -0.2) is 5.78 Å². The number of hydrogen-bond acceptors (Lipinski definition) is 1. The second-order valence-electron chi connectivity index (χ2n) is 11.7. The maximum absolute atomic E-state index is 14.8. The van der Waals surface area contributed by atoms with E-state index in [1.54, 1.807) is 0 Å². The zero-order valence-electron chi connectivity index (χ0n) is 27.1. The van der Waals surface area contributed by atoms with E-state index in [9.17, 15) is 4.79 Å². The molecule has 0 bridgehead atoms. The van der Waals surface area contributed by atoms with Gasteiger partial charge in [0, 0.05) is 55.7 Å². The highest BCUT2D eigenvalue weighted by Gasteiger charge is 2.35. The first-order chi connectivity index (χ1) is 24.6. The van der Waals surface area contributed by atoms with Crippen LogP contribution in [0.2, 0.25) is 0 Å². The van der Waals surface area contributed by atoms with Gasteiger partial charge in [-0.2, -0.15) is 0 Å². The zero-order chi connectivity index (χ0) is 34.3. The van der Waals surface area contributed by atoms with Crippen LogP contribution in [0.1, 0.15) is 55.6 Å². The third-order valence-electron chi connectivity index (χ3n) is 8.48. The van der Waals surface area contributed by atoms with Crippen molar-refractivity contribution in [1.29, 1.82) is 0 Å². The average Bonchev–Trinajstić information content (AvgIpc) is 3.49. The van der Waals surface area contributed by atoms with E-state index in [4.69, 9.17) is 12.8 Å². The third kappa shape index (κ3) is 6.59. The van der Waals surface area contributed by atoms with Crippen molar-refractivity contribution in [3.8, 4) is 48.4 Å². The summed E-state index contributed by atoms with van der Waals surface area (Å²) in [6.07, 6.45) is 11.4. The number of carbonyl (C=O) groups excluding carboxylic acids is 1. The summed E-state index contributed by atoms with van der Waals surface area (Å²) in [6, 6.07) is 51.1. The van der Waals surface area contributed by atoms with Gasteiger partial charge < -0.3 is 0 Å². The van der Waals surface area contributed by atoms with E-state index in [2.05, 4.69) is 35.5 Å². The summed E-state index contributed by atoms with van der Waals surface area (Å²) in [4.78, 5) is 14.8. The number of carbonyl (C=O) groups is 1. The summed E-state index contributed by atoms with van der Waals surface area (Å²) in [5.41, 5.74) is 11.4. The van der Waals surface area contributed by atoms with Gasteiger partial charge in [0.05, 0.1) is 0 Å². The summed E-state index contributed by atoms with van der Waals surface area (Å²) in [5, 5.41) is 0. The molecule has 6 aromatic carbocycles. The lowest BCUT2D eigenvalue weighted by molar-refractivity contribution is -0.108. The van der Waals surface area contributed by atoms with Crippen LogP contribution >= 0.6 is 0 Å². The van der Waals surface area contributed by atoms with Crippen molar-refractivity contribution in [1.82, 2.24) is 0 Å². The highest BCUT2D eigenvalue weighted by molar-refractivity contribution is 6.59. The summed E-state index contributed by atoms with van der Waals surface area (Å²) >= 11 is 0. The second-order valence-corrected chi connectivity index (χ2v) is 11.7. The van der Waals surface area contributed by atoms with E-state index in [0.29, 0.717) is 11.1 Å². The molecule has 1 aliphatic carbocycles. The van der Waals surface area contributed by atoms with E-state index in [-0.39, 0.29) is 5.78 Å². The molecule has 7 rings (SSSR count). The van der Waals surface area contributed by atoms with E-state index < -0.39 is 0 Å². The molecule has 0 atom stereocenters. The SMILES string of the molecule is C#Cc1ccc(C2=C(c3ccc(C#Cc4ccccc4)cc3)C(c3ccc(C#Cc4ccccc4)cc3)=C(c3ccc(C#C)cc3)C2=O)cc1. The van der Waals surface area contributed by atoms with Crippen LogP contribution in [0.4, 0.5) is 0 Å². The molecular weight excluding hydrogens is 605 g/mol. The minimum Gasteiger partial charge on any atom is -0.289 e. The Hall–Kier alpha value is -7.29. The Morgan fingerprint density at radius 2 is 0.560 bits per heavy atom. The Morgan fingerprint density at radius 1 is 0.300 bits per heavy atom. The summed E-state index contributed by atoms with van der Waals surface area (Å²) in [7, 11) is 0. The van der Waals surface area contributed by atoms with Gasteiger partial charge in [-0.15, -0.1) is 12.8 Å². The normalized spacial score (nSPS) is 11.9. The molecule has 0 amide bonds. The topological polar surface area (TPSA) is 17.1 Å². The van der Waals surface area contributed by atoms with Gasteiger partial charge in [-0.25, -0.2) is 0 Å². The number of hydrogen-bond donors (Lipinski definition) is 0. The Balaban J connectivity index is 1.40. The van der Waals surface area contributed by atoms with E-state index in [0.717, 1.165) is 66.8 Å². The van der Waals surface area contributed by atoms with Crippen molar-refractivity contribution >= 4 is 28.1 Å². The molecule has 0 saturated heterocycles. The Kier molecular flexibility index (Phi) is 8.91. The maximum atomic E-state index is 14.8. The molecule has 0 unspecified atom stereocenters. The lowest BCUT2D eigenvalue weighted by Gasteiger charge is -2.14. The Morgan fingerprint density at radius 3 is 0.860 bits per heavy atom. The van der Waals surface area contributed by atoms with Gasteiger partial charge in [-0.1, -0.05) is 120 Å². The third-order valence-corrected chi connectivity index (χ3v) is 8.48. The van der Waals surface area contributed by atoms with Gasteiger partial charge in [0.2, 0.25) is 0 Å². The van der Waals surface area contributed by atoms with Gasteiger partial charge in [0.15, 0.2) is 5.78 Å². The molecule has 0 heterocycles. The smallest absolute Gasteiger partial charge is 0.195 e. The maximum Gasteiger partial charge on any atom is 0.195 e. The first kappa shape index (κ1) is 31.3. The lowest BCUT2D eigenvalue weighted by atomic mass is 9.88. The van der Waals surface area contributed by atoms with Crippen LogP contribution in [0.5, 0.6) is 0 Å². The first-order valence-electron chi connectivity index (χ1n) is 16.1. The van der Waals surface area contributed by atoms with Crippen molar-refractivity contribution in [3.63, 3.8) is 0 Å². The highest BCUT2D eigenvalue weighted by atomic mass is 16.1. The molecule has 0 aromatic heterocycles. The fourth-order valence-electron chi connectivity index (χ4n) is 5.97. The van der Waals surface area contributed by atoms with Crippen molar-refractivity contribution in [2.75, 3.05) is 0 Å². The monoisotopic (exact) mass is 632 g/mol.